The molecule has 2 N–H and O–H groups in total. The molecule has 1 aromatic carbocycles. The van der Waals surface area contributed by atoms with Crippen molar-refractivity contribution in [1.29, 1.82) is 0 Å². The van der Waals surface area contributed by atoms with Crippen molar-refractivity contribution in [3.8, 4) is 5.75 Å². The van der Waals surface area contributed by atoms with E-state index in [4.69, 9.17) is 10.5 Å². The minimum atomic E-state index is -0.389. The summed E-state index contributed by atoms with van der Waals surface area (Å²) in [5.41, 5.74) is 10.4. The van der Waals surface area contributed by atoms with Crippen molar-refractivity contribution in [3.05, 3.63) is 59.2 Å². The number of benzene rings is 1. The number of halogens is 1. The van der Waals surface area contributed by atoms with Crippen molar-refractivity contribution in [1.82, 2.24) is 4.98 Å². The van der Waals surface area contributed by atoms with Gasteiger partial charge in [0.1, 0.15) is 5.84 Å². The number of aryl methyl sites for hydroxylation is 1. The van der Waals surface area contributed by atoms with Crippen LogP contribution in [0.25, 0.3) is 11.3 Å². The van der Waals surface area contributed by atoms with Crippen molar-refractivity contribution in [2.24, 2.45) is 10.7 Å². The predicted octanol–water partition coefficient (Wildman–Crippen LogP) is 3.17. The Morgan fingerprint density at radius 1 is 1.18 bits per heavy atom. The maximum absolute atomic E-state index is 13.6. The largest absolute Gasteiger partial charge is 0.494 e. The van der Waals surface area contributed by atoms with E-state index in [0.717, 1.165) is 28.1 Å². The van der Waals surface area contributed by atoms with Gasteiger partial charge in [-0.05, 0) is 42.3 Å². The summed E-state index contributed by atoms with van der Waals surface area (Å²) in [5.74, 6) is 0.364. The van der Waals surface area contributed by atoms with Crippen molar-refractivity contribution >= 4 is 17.1 Å². The van der Waals surface area contributed by atoms with Crippen LogP contribution in [0.15, 0.2) is 41.5 Å². The first-order valence-electron chi connectivity index (χ1n) is 6.91. The van der Waals surface area contributed by atoms with Crippen LogP contribution < -0.4 is 10.5 Å². The highest BCUT2D eigenvalue weighted by Gasteiger charge is 2.20. The number of rotatable bonds is 3. The molecule has 3 rings (SSSR count). The van der Waals surface area contributed by atoms with E-state index in [2.05, 4.69) is 9.98 Å². The van der Waals surface area contributed by atoms with E-state index in [1.165, 1.54) is 13.2 Å². The lowest BCUT2D eigenvalue weighted by Crippen LogP contribution is -2.07. The zero-order valence-electron chi connectivity index (χ0n) is 12.4. The van der Waals surface area contributed by atoms with Gasteiger partial charge in [0.2, 0.25) is 0 Å². The van der Waals surface area contributed by atoms with Crippen LogP contribution in [-0.2, 0) is 0 Å². The van der Waals surface area contributed by atoms with E-state index in [0.29, 0.717) is 12.3 Å². The molecule has 2 aromatic rings. The highest BCUT2D eigenvalue weighted by molar-refractivity contribution is 6.08. The van der Waals surface area contributed by atoms with Gasteiger partial charge in [-0.2, -0.15) is 0 Å². The van der Waals surface area contributed by atoms with Crippen LogP contribution in [0.3, 0.4) is 0 Å². The maximum Gasteiger partial charge on any atom is 0.165 e. The summed E-state index contributed by atoms with van der Waals surface area (Å²) in [6.45, 7) is 1.92. The van der Waals surface area contributed by atoms with Gasteiger partial charge in [0.05, 0.1) is 12.8 Å². The fourth-order valence-electron chi connectivity index (χ4n) is 2.53. The van der Waals surface area contributed by atoms with E-state index in [-0.39, 0.29) is 11.6 Å². The molecule has 4 nitrogen and oxygen atoms in total. The lowest BCUT2D eigenvalue weighted by atomic mass is 9.98. The summed E-state index contributed by atoms with van der Waals surface area (Å²) < 4.78 is 18.7. The number of hydrogen-bond acceptors (Lipinski definition) is 4. The van der Waals surface area contributed by atoms with E-state index in [9.17, 15) is 4.39 Å². The van der Waals surface area contributed by atoms with Gasteiger partial charge in [-0.25, -0.2) is 9.38 Å². The molecule has 0 saturated carbocycles. The first-order valence-corrected chi connectivity index (χ1v) is 6.91. The molecule has 0 atom stereocenters. The number of amidine groups is 1. The molecule has 0 fully saturated rings. The molecule has 5 heteroatoms. The number of pyridine rings is 1. The number of nitrogens with zero attached hydrogens (tertiary/aromatic N) is 2. The molecule has 1 aliphatic heterocycles. The van der Waals surface area contributed by atoms with E-state index in [1.54, 1.807) is 18.3 Å². The molecule has 0 spiro atoms. The maximum atomic E-state index is 13.6. The Balaban J connectivity index is 2.13. The van der Waals surface area contributed by atoms with Crippen LogP contribution in [0.5, 0.6) is 5.75 Å². The Hall–Kier alpha value is -2.69. The second-order valence-electron chi connectivity index (χ2n) is 5.14. The molecule has 2 heterocycles. The molecule has 0 aliphatic carbocycles. The van der Waals surface area contributed by atoms with Crippen LogP contribution in [0.1, 0.15) is 23.2 Å². The number of aromatic nitrogens is 1. The van der Waals surface area contributed by atoms with Crippen LogP contribution >= 0.6 is 0 Å². The number of hydrogen-bond donors (Lipinski definition) is 1. The normalized spacial score (nSPS) is 14.2. The standard InChI is InChI=1S/C17H16FN3O/c1-10-7-12(5-6-20-10)17-13(9-16(19)21-17)11-3-4-14(18)15(8-11)22-2/h3-8H,9H2,1-2H3,(H2,19,21). The third-order valence-corrected chi connectivity index (χ3v) is 3.57. The molecule has 0 radical (unpaired) electrons. The van der Waals surface area contributed by atoms with Crippen molar-refractivity contribution < 1.29 is 9.13 Å². The summed E-state index contributed by atoms with van der Waals surface area (Å²) >= 11 is 0. The number of methoxy groups -OCH3 is 1. The van der Waals surface area contributed by atoms with Gasteiger partial charge >= 0.3 is 0 Å². The molecule has 1 aliphatic rings. The molecule has 112 valence electrons. The first-order chi connectivity index (χ1) is 10.6. The second kappa shape index (κ2) is 5.60. The van der Waals surface area contributed by atoms with E-state index < -0.39 is 0 Å². The Morgan fingerprint density at radius 3 is 2.73 bits per heavy atom. The fourth-order valence-corrected chi connectivity index (χ4v) is 2.53. The van der Waals surface area contributed by atoms with Gasteiger partial charge in [0, 0.05) is 23.9 Å². The van der Waals surface area contributed by atoms with Gasteiger partial charge in [-0.15, -0.1) is 0 Å². The Bertz CT molecular complexity index is 796. The average Bonchev–Trinajstić information content (AvgIpc) is 2.90. The van der Waals surface area contributed by atoms with Crippen LogP contribution in [0.4, 0.5) is 4.39 Å². The predicted molar refractivity (Wildman–Crippen MR) is 85.0 cm³/mol. The zero-order chi connectivity index (χ0) is 15.7. The molecule has 0 saturated heterocycles. The highest BCUT2D eigenvalue weighted by atomic mass is 19.1. The number of ether oxygens (including phenoxy) is 1. The lowest BCUT2D eigenvalue weighted by Gasteiger charge is -2.09. The van der Waals surface area contributed by atoms with E-state index in [1.807, 2.05) is 19.1 Å². The Kier molecular flexibility index (Phi) is 3.63. The minimum absolute atomic E-state index is 0.209. The highest BCUT2D eigenvalue weighted by Crippen LogP contribution is 2.36. The third-order valence-electron chi connectivity index (χ3n) is 3.57. The van der Waals surface area contributed by atoms with Crippen molar-refractivity contribution in [3.63, 3.8) is 0 Å². The molecule has 22 heavy (non-hydrogen) atoms. The zero-order valence-corrected chi connectivity index (χ0v) is 12.4. The monoisotopic (exact) mass is 297 g/mol. The molecule has 0 amide bonds. The molecular formula is C17H16FN3O. The smallest absolute Gasteiger partial charge is 0.165 e. The molecule has 0 bridgehead atoms. The van der Waals surface area contributed by atoms with E-state index >= 15 is 0 Å². The quantitative estimate of drug-likeness (QED) is 0.946. The SMILES string of the molecule is COc1cc(C2=C(c3ccnc(C)c3)N=C(N)C2)ccc1F. The second-order valence-corrected chi connectivity index (χ2v) is 5.14. The summed E-state index contributed by atoms with van der Waals surface area (Å²) in [6, 6.07) is 8.64. The summed E-state index contributed by atoms with van der Waals surface area (Å²) in [5, 5.41) is 0. The van der Waals surface area contributed by atoms with Gasteiger partial charge in [-0.1, -0.05) is 6.07 Å². The Morgan fingerprint density at radius 2 is 2.00 bits per heavy atom. The van der Waals surface area contributed by atoms with Crippen molar-refractivity contribution in [2.75, 3.05) is 7.11 Å². The molecular weight excluding hydrogens is 281 g/mol. The third kappa shape index (κ3) is 2.57. The first kappa shape index (κ1) is 14.3. The summed E-state index contributed by atoms with van der Waals surface area (Å²) in [7, 11) is 1.45. The fraction of sp³-hybridized carbons (Fsp3) is 0.176. The summed E-state index contributed by atoms with van der Waals surface area (Å²) in [6.07, 6.45) is 2.27. The Labute approximate surface area is 128 Å². The molecule has 0 unspecified atom stereocenters. The summed E-state index contributed by atoms with van der Waals surface area (Å²) in [4.78, 5) is 8.64. The van der Waals surface area contributed by atoms with Gasteiger partial charge < -0.3 is 10.5 Å². The lowest BCUT2D eigenvalue weighted by molar-refractivity contribution is 0.386. The van der Waals surface area contributed by atoms with Gasteiger partial charge in [0.25, 0.3) is 0 Å². The minimum Gasteiger partial charge on any atom is -0.494 e. The van der Waals surface area contributed by atoms with Crippen LogP contribution in [0.2, 0.25) is 0 Å². The van der Waals surface area contributed by atoms with Gasteiger partial charge in [-0.3, -0.25) is 4.98 Å². The van der Waals surface area contributed by atoms with Gasteiger partial charge in [0.15, 0.2) is 11.6 Å². The number of nitrogens with two attached hydrogens (primary N) is 1. The topological polar surface area (TPSA) is 60.5 Å². The average molecular weight is 297 g/mol. The molecule has 1 aromatic heterocycles. The number of aliphatic imine (C=N–C) groups is 1. The van der Waals surface area contributed by atoms with Crippen molar-refractivity contribution in [2.45, 2.75) is 13.3 Å². The van der Waals surface area contributed by atoms with Crippen LogP contribution in [-0.4, -0.2) is 17.9 Å². The van der Waals surface area contributed by atoms with Crippen LogP contribution in [0, 0.1) is 12.7 Å².